The minimum atomic E-state index is -1.68. The van der Waals surface area contributed by atoms with Crippen LogP contribution in [0.2, 0.25) is 0 Å². The van der Waals surface area contributed by atoms with Crippen LogP contribution in [0.5, 0.6) is 5.75 Å². The third kappa shape index (κ3) is 3.51. The first-order valence-electron chi connectivity index (χ1n) is 5.62. The van der Waals surface area contributed by atoms with E-state index in [4.69, 9.17) is 4.74 Å². The van der Waals surface area contributed by atoms with Crippen molar-refractivity contribution >= 4 is 28.6 Å². The van der Waals surface area contributed by atoms with Gasteiger partial charge in [-0.05, 0) is 44.5 Å². The van der Waals surface area contributed by atoms with Crippen molar-refractivity contribution < 1.29 is 9.13 Å². The predicted octanol–water partition coefficient (Wildman–Crippen LogP) is 4.82. The molecule has 0 amide bonds. The number of ether oxygens (including phenoxy) is 1. The maximum atomic E-state index is 14.9. The van der Waals surface area contributed by atoms with Crippen LogP contribution in [0.1, 0.15) is 20.8 Å². The van der Waals surface area contributed by atoms with E-state index in [0.29, 0.717) is 11.3 Å². The number of halogens is 2. The van der Waals surface area contributed by atoms with Crippen molar-refractivity contribution in [3.05, 3.63) is 40.9 Å². The maximum Gasteiger partial charge on any atom is 0.178 e. The number of hydrogen-bond donors (Lipinski definition) is 1. The fraction of sp³-hybridized carbons (Fsp3) is 0.429. The Bertz CT molecular complexity index is 442. The Kier molecular flexibility index (Phi) is 4.90. The Balaban J connectivity index is 2.85. The molecule has 4 heteroatoms. The van der Waals surface area contributed by atoms with Gasteiger partial charge in [-0.2, -0.15) is 12.6 Å². The Morgan fingerprint density at radius 1 is 1.50 bits per heavy atom. The van der Waals surface area contributed by atoms with Gasteiger partial charge >= 0.3 is 0 Å². The van der Waals surface area contributed by atoms with E-state index in [-0.39, 0.29) is 6.61 Å². The summed E-state index contributed by atoms with van der Waals surface area (Å²) in [7, 11) is 0. The number of rotatable bonds is 5. The number of alkyl halides is 1. The fourth-order valence-electron chi connectivity index (χ4n) is 1.56. The first-order chi connectivity index (χ1) is 8.17. The molecule has 1 atom stereocenters. The van der Waals surface area contributed by atoms with E-state index < -0.39 is 10.4 Å². The van der Waals surface area contributed by atoms with E-state index in [1.807, 2.05) is 12.1 Å². The average Bonchev–Trinajstić information content (AvgIpc) is 2.24. The largest absolute Gasteiger partial charge is 0.490 e. The molecule has 0 saturated heterocycles. The molecule has 1 rings (SSSR count). The monoisotopic (exact) mass is 332 g/mol. The molecule has 0 fully saturated rings. The van der Waals surface area contributed by atoms with Crippen LogP contribution in [0.25, 0.3) is 0 Å². The smallest absolute Gasteiger partial charge is 0.178 e. The van der Waals surface area contributed by atoms with E-state index in [9.17, 15) is 4.39 Å². The van der Waals surface area contributed by atoms with Crippen LogP contribution >= 0.6 is 28.6 Å². The third-order valence-electron chi connectivity index (χ3n) is 2.88. The summed E-state index contributed by atoms with van der Waals surface area (Å²) >= 11 is 7.66. The van der Waals surface area contributed by atoms with Crippen molar-refractivity contribution in [3.63, 3.8) is 0 Å². The Labute approximate surface area is 122 Å². The molecule has 100 valence electrons. The Morgan fingerprint density at radius 3 is 2.56 bits per heavy atom. The lowest BCUT2D eigenvalue weighted by atomic mass is 9.86. The van der Waals surface area contributed by atoms with Crippen molar-refractivity contribution in [3.8, 4) is 5.75 Å². The molecule has 0 aliphatic heterocycles. The minimum absolute atomic E-state index is 0.102. The van der Waals surface area contributed by atoms with Gasteiger partial charge in [-0.1, -0.05) is 28.6 Å². The second kappa shape index (κ2) is 5.66. The number of hydrogen-bond acceptors (Lipinski definition) is 2. The van der Waals surface area contributed by atoms with E-state index in [2.05, 4.69) is 35.1 Å². The first kappa shape index (κ1) is 15.6. The molecule has 0 heterocycles. The van der Waals surface area contributed by atoms with Gasteiger partial charge in [-0.3, -0.25) is 0 Å². The van der Waals surface area contributed by atoms with Gasteiger partial charge < -0.3 is 4.74 Å². The highest BCUT2D eigenvalue weighted by molar-refractivity contribution is 9.10. The molecule has 1 unspecified atom stereocenters. The molecule has 0 radical (unpaired) electrons. The zero-order valence-corrected chi connectivity index (χ0v) is 13.3. The third-order valence-corrected chi connectivity index (χ3v) is 3.73. The molecule has 0 aliphatic rings. The topological polar surface area (TPSA) is 9.23 Å². The van der Waals surface area contributed by atoms with Crippen molar-refractivity contribution in [1.29, 1.82) is 0 Å². The molecule has 18 heavy (non-hydrogen) atoms. The van der Waals surface area contributed by atoms with E-state index in [0.717, 1.165) is 4.47 Å². The molecule has 0 saturated carbocycles. The van der Waals surface area contributed by atoms with E-state index >= 15 is 0 Å². The quantitative estimate of drug-likeness (QED) is 0.600. The second-order valence-corrected chi connectivity index (χ2v) is 6.92. The molecule has 0 aliphatic carbocycles. The number of thiol groups is 1. The summed E-state index contributed by atoms with van der Waals surface area (Å²) in [6.45, 7) is 8.70. The average molecular weight is 333 g/mol. The van der Waals surface area contributed by atoms with E-state index in [1.165, 1.54) is 0 Å². The normalized spacial score (nSPS) is 15.0. The van der Waals surface area contributed by atoms with Gasteiger partial charge in [0.25, 0.3) is 0 Å². The Morgan fingerprint density at radius 2 is 2.11 bits per heavy atom. The van der Waals surface area contributed by atoms with Gasteiger partial charge in [-0.15, -0.1) is 0 Å². The zero-order valence-electron chi connectivity index (χ0n) is 10.8. The van der Waals surface area contributed by atoms with Crippen LogP contribution in [0.4, 0.5) is 4.39 Å². The molecule has 0 bridgehead atoms. The summed E-state index contributed by atoms with van der Waals surface area (Å²) < 4.78 is 20.5. The van der Waals surface area contributed by atoms with Crippen LogP contribution in [0.3, 0.4) is 0 Å². The summed E-state index contributed by atoms with van der Waals surface area (Å²) in [5.74, 6) is 0.616. The highest BCUT2D eigenvalue weighted by Crippen LogP contribution is 2.38. The molecule has 1 nitrogen and oxygen atoms in total. The standard InChI is InChI=1S/C14H18BrFOS/c1-10(2)14(16,13(3,4)18)9-17-12-7-5-6-11(15)8-12/h5-8,18H,1,9H2,2-4H3. The van der Waals surface area contributed by atoms with E-state index in [1.54, 1.807) is 32.9 Å². The van der Waals surface area contributed by atoms with Gasteiger partial charge in [-0.25, -0.2) is 4.39 Å². The van der Waals surface area contributed by atoms with Gasteiger partial charge in [0.2, 0.25) is 0 Å². The van der Waals surface area contributed by atoms with Gasteiger partial charge in [0, 0.05) is 9.22 Å². The molecule has 0 spiro atoms. The fourth-order valence-corrected chi connectivity index (χ4v) is 2.20. The van der Waals surface area contributed by atoms with Crippen LogP contribution in [0, 0.1) is 0 Å². The maximum absolute atomic E-state index is 14.9. The first-order valence-corrected chi connectivity index (χ1v) is 6.86. The van der Waals surface area contributed by atoms with Gasteiger partial charge in [0.05, 0.1) is 0 Å². The zero-order chi connectivity index (χ0) is 14.0. The summed E-state index contributed by atoms with van der Waals surface area (Å²) in [5, 5.41) is 0. The van der Waals surface area contributed by atoms with Crippen molar-refractivity contribution in [2.24, 2.45) is 0 Å². The lowest BCUT2D eigenvalue weighted by Gasteiger charge is -2.37. The van der Waals surface area contributed by atoms with Gasteiger partial charge in [0.1, 0.15) is 12.4 Å². The summed E-state index contributed by atoms with van der Waals surface area (Å²) in [6, 6.07) is 7.31. The summed E-state index contributed by atoms with van der Waals surface area (Å²) in [6.07, 6.45) is 0. The predicted molar refractivity (Wildman–Crippen MR) is 81.4 cm³/mol. The Hall–Kier alpha value is -0.480. The lowest BCUT2D eigenvalue weighted by Crippen LogP contribution is -2.48. The van der Waals surface area contributed by atoms with Crippen LogP contribution < -0.4 is 4.74 Å². The highest BCUT2D eigenvalue weighted by atomic mass is 79.9. The van der Waals surface area contributed by atoms with Crippen LogP contribution in [0.15, 0.2) is 40.9 Å². The van der Waals surface area contributed by atoms with Crippen molar-refractivity contribution in [2.45, 2.75) is 31.2 Å². The number of benzene rings is 1. The van der Waals surface area contributed by atoms with Crippen molar-refractivity contribution in [1.82, 2.24) is 0 Å². The molecule has 1 aromatic carbocycles. The van der Waals surface area contributed by atoms with Crippen LogP contribution in [-0.4, -0.2) is 17.0 Å². The summed E-state index contributed by atoms with van der Waals surface area (Å²) in [4.78, 5) is 0. The molecule has 0 N–H and O–H groups in total. The SMILES string of the molecule is C=C(C)C(F)(COc1cccc(Br)c1)C(C)(C)S. The van der Waals surface area contributed by atoms with Gasteiger partial charge in [0.15, 0.2) is 5.67 Å². The molecule has 1 aromatic rings. The lowest BCUT2D eigenvalue weighted by molar-refractivity contribution is 0.0907. The highest BCUT2D eigenvalue weighted by Gasteiger charge is 2.45. The summed E-state index contributed by atoms with van der Waals surface area (Å²) in [5.41, 5.74) is -1.27. The second-order valence-electron chi connectivity index (χ2n) is 4.89. The molecular weight excluding hydrogens is 315 g/mol. The molecule has 0 aromatic heterocycles. The molecular formula is C14H18BrFOS. The van der Waals surface area contributed by atoms with Crippen LogP contribution in [-0.2, 0) is 0 Å². The minimum Gasteiger partial charge on any atom is -0.490 e. The van der Waals surface area contributed by atoms with Crippen molar-refractivity contribution in [2.75, 3.05) is 6.61 Å².